The SMILES string of the molecule is Cc1c(O)c(CO)c(CO)c(O)c1CC(=O)NC(C)(CO)CO. The fraction of sp³-hybridized carbons (Fsp3) is 0.533. The fourth-order valence-corrected chi connectivity index (χ4v) is 2.24. The highest BCUT2D eigenvalue weighted by Gasteiger charge is 2.27. The number of carbonyl (C=O) groups excluding carboxylic acids is 1. The lowest BCUT2D eigenvalue weighted by molar-refractivity contribution is -0.123. The number of aliphatic hydroxyl groups is 4. The molecule has 1 rings (SSSR count). The van der Waals surface area contributed by atoms with Crippen molar-refractivity contribution in [3.8, 4) is 11.5 Å². The molecule has 1 aromatic rings. The monoisotopic (exact) mass is 329 g/mol. The highest BCUT2D eigenvalue weighted by Crippen LogP contribution is 2.37. The van der Waals surface area contributed by atoms with E-state index in [1.165, 1.54) is 13.8 Å². The van der Waals surface area contributed by atoms with Crippen molar-refractivity contribution in [1.29, 1.82) is 0 Å². The minimum Gasteiger partial charge on any atom is -0.507 e. The van der Waals surface area contributed by atoms with Crippen LogP contribution in [0.15, 0.2) is 0 Å². The number of nitrogens with one attached hydrogen (secondary N) is 1. The smallest absolute Gasteiger partial charge is 0.225 e. The van der Waals surface area contributed by atoms with Crippen LogP contribution in [0.25, 0.3) is 0 Å². The van der Waals surface area contributed by atoms with E-state index in [0.29, 0.717) is 0 Å². The van der Waals surface area contributed by atoms with Crippen LogP contribution in [0.3, 0.4) is 0 Å². The maximum absolute atomic E-state index is 12.1. The Kier molecular flexibility index (Phi) is 6.34. The van der Waals surface area contributed by atoms with Gasteiger partial charge in [-0.2, -0.15) is 0 Å². The van der Waals surface area contributed by atoms with E-state index in [1.54, 1.807) is 0 Å². The standard InChI is InChI=1S/C15H23NO7/c1-8-9(3-12(21)16-15(2,6-19)7-20)14(23)11(5-18)10(4-17)13(8)22/h17-20,22-23H,3-7H2,1-2H3,(H,16,21). The third kappa shape index (κ3) is 3.91. The Bertz CT molecular complexity index is 582. The summed E-state index contributed by atoms with van der Waals surface area (Å²) in [5.41, 5.74) is -0.964. The topological polar surface area (TPSA) is 150 Å². The maximum atomic E-state index is 12.1. The molecule has 0 bridgehead atoms. The predicted molar refractivity (Wildman–Crippen MR) is 80.8 cm³/mol. The summed E-state index contributed by atoms with van der Waals surface area (Å²) in [6.07, 6.45) is -0.334. The molecule has 0 radical (unpaired) electrons. The van der Waals surface area contributed by atoms with Gasteiger partial charge in [0.1, 0.15) is 11.5 Å². The van der Waals surface area contributed by atoms with Crippen LogP contribution in [0.1, 0.15) is 29.2 Å². The van der Waals surface area contributed by atoms with Crippen molar-refractivity contribution in [3.63, 3.8) is 0 Å². The van der Waals surface area contributed by atoms with Crippen molar-refractivity contribution in [2.75, 3.05) is 13.2 Å². The largest absolute Gasteiger partial charge is 0.507 e. The van der Waals surface area contributed by atoms with Crippen molar-refractivity contribution < 1.29 is 35.4 Å². The Hall–Kier alpha value is -1.87. The second kappa shape index (κ2) is 7.60. The summed E-state index contributed by atoms with van der Waals surface area (Å²) >= 11 is 0. The van der Waals surface area contributed by atoms with Gasteiger partial charge in [-0.25, -0.2) is 0 Å². The summed E-state index contributed by atoms with van der Waals surface area (Å²) in [6.45, 7) is 0.775. The summed E-state index contributed by atoms with van der Waals surface area (Å²) in [5.74, 6) is -1.27. The van der Waals surface area contributed by atoms with Gasteiger partial charge in [-0.3, -0.25) is 4.79 Å². The van der Waals surface area contributed by atoms with Crippen molar-refractivity contribution in [1.82, 2.24) is 5.32 Å². The Morgan fingerprint density at radius 2 is 1.43 bits per heavy atom. The van der Waals surface area contributed by atoms with Crippen molar-refractivity contribution in [3.05, 3.63) is 22.3 Å². The van der Waals surface area contributed by atoms with E-state index in [2.05, 4.69) is 5.32 Å². The van der Waals surface area contributed by atoms with E-state index in [9.17, 15) is 35.4 Å². The van der Waals surface area contributed by atoms with E-state index >= 15 is 0 Å². The van der Waals surface area contributed by atoms with Crippen molar-refractivity contribution in [2.24, 2.45) is 0 Å². The second-order valence-electron chi connectivity index (χ2n) is 5.68. The zero-order valence-electron chi connectivity index (χ0n) is 13.1. The summed E-state index contributed by atoms with van der Waals surface area (Å²) in [5, 5.41) is 59.6. The highest BCUT2D eigenvalue weighted by atomic mass is 16.3. The third-order valence-corrected chi connectivity index (χ3v) is 3.82. The molecule has 1 amide bonds. The minimum atomic E-state index is -1.21. The Balaban J connectivity index is 3.19. The normalized spacial score (nSPS) is 11.6. The number of hydrogen-bond acceptors (Lipinski definition) is 7. The first-order valence-electron chi connectivity index (χ1n) is 7.04. The lowest BCUT2D eigenvalue weighted by Crippen LogP contribution is -2.52. The Labute approximate surface area is 133 Å². The third-order valence-electron chi connectivity index (χ3n) is 3.82. The molecule has 0 saturated heterocycles. The van der Waals surface area contributed by atoms with Gasteiger partial charge in [-0.1, -0.05) is 0 Å². The van der Waals surface area contributed by atoms with Gasteiger partial charge in [0.25, 0.3) is 0 Å². The van der Waals surface area contributed by atoms with Crippen LogP contribution in [0.5, 0.6) is 11.5 Å². The number of aliphatic hydroxyl groups excluding tert-OH is 4. The van der Waals surface area contributed by atoms with Gasteiger partial charge in [0, 0.05) is 16.7 Å². The number of carbonyl (C=O) groups is 1. The molecule has 0 fully saturated rings. The molecular formula is C15H23NO7. The number of aromatic hydroxyl groups is 2. The minimum absolute atomic E-state index is 0.00205. The first-order chi connectivity index (χ1) is 10.7. The van der Waals surface area contributed by atoms with E-state index in [4.69, 9.17) is 0 Å². The molecule has 0 aliphatic rings. The molecule has 0 spiro atoms. The van der Waals surface area contributed by atoms with Gasteiger partial charge < -0.3 is 36.0 Å². The van der Waals surface area contributed by atoms with Crippen molar-refractivity contribution in [2.45, 2.75) is 39.0 Å². The summed E-state index contributed by atoms with van der Waals surface area (Å²) in [6, 6.07) is 0. The van der Waals surface area contributed by atoms with E-state index in [-0.39, 0.29) is 40.2 Å². The number of benzene rings is 1. The maximum Gasteiger partial charge on any atom is 0.225 e. The van der Waals surface area contributed by atoms with Crippen LogP contribution in [0.2, 0.25) is 0 Å². The Morgan fingerprint density at radius 3 is 1.87 bits per heavy atom. The number of amides is 1. The first-order valence-corrected chi connectivity index (χ1v) is 7.04. The van der Waals surface area contributed by atoms with E-state index in [0.717, 1.165) is 0 Å². The fourth-order valence-electron chi connectivity index (χ4n) is 2.24. The number of hydrogen-bond donors (Lipinski definition) is 7. The first kappa shape index (κ1) is 19.2. The van der Waals surface area contributed by atoms with Gasteiger partial charge >= 0.3 is 0 Å². The molecule has 0 aliphatic carbocycles. The molecule has 0 aromatic heterocycles. The molecule has 130 valence electrons. The number of rotatable bonds is 7. The zero-order valence-corrected chi connectivity index (χ0v) is 13.1. The van der Waals surface area contributed by atoms with Gasteiger partial charge in [-0.15, -0.1) is 0 Å². The van der Waals surface area contributed by atoms with Crippen LogP contribution >= 0.6 is 0 Å². The molecule has 23 heavy (non-hydrogen) atoms. The lowest BCUT2D eigenvalue weighted by atomic mass is 9.94. The highest BCUT2D eigenvalue weighted by molar-refractivity contribution is 5.81. The van der Waals surface area contributed by atoms with Crippen LogP contribution < -0.4 is 5.32 Å². The summed E-state index contributed by atoms with van der Waals surface area (Å²) in [4.78, 5) is 12.1. The predicted octanol–water partition coefficient (Wildman–Crippen LogP) is -1.21. The average Bonchev–Trinajstić information content (AvgIpc) is 2.54. The zero-order chi connectivity index (χ0) is 17.8. The molecular weight excluding hydrogens is 306 g/mol. The average molecular weight is 329 g/mol. The summed E-state index contributed by atoms with van der Waals surface area (Å²) < 4.78 is 0. The van der Waals surface area contributed by atoms with Gasteiger partial charge in [-0.05, 0) is 19.4 Å². The quantitative estimate of drug-likeness (QED) is 0.310. The molecule has 8 heteroatoms. The molecule has 0 unspecified atom stereocenters. The van der Waals surface area contributed by atoms with Crippen LogP contribution in [-0.4, -0.2) is 55.3 Å². The lowest BCUT2D eigenvalue weighted by Gasteiger charge is -2.26. The molecule has 8 nitrogen and oxygen atoms in total. The molecule has 0 aliphatic heterocycles. The molecule has 0 heterocycles. The van der Waals surface area contributed by atoms with Gasteiger partial charge in [0.2, 0.25) is 5.91 Å². The van der Waals surface area contributed by atoms with Crippen molar-refractivity contribution >= 4 is 5.91 Å². The molecule has 1 aromatic carbocycles. The molecule has 0 saturated carbocycles. The summed E-state index contributed by atoms with van der Waals surface area (Å²) in [7, 11) is 0. The molecule has 7 N–H and O–H groups in total. The van der Waals surface area contributed by atoms with Gasteiger partial charge in [0.05, 0.1) is 38.4 Å². The van der Waals surface area contributed by atoms with Crippen LogP contribution in [-0.2, 0) is 24.4 Å². The second-order valence-corrected chi connectivity index (χ2v) is 5.68. The number of phenols is 2. The molecule has 0 atom stereocenters. The van der Waals surface area contributed by atoms with E-state index < -0.39 is 37.9 Å². The Morgan fingerprint density at radius 1 is 0.957 bits per heavy atom. The van der Waals surface area contributed by atoms with Crippen LogP contribution in [0.4, 0.5) is 0 Å². The van der Waals surface area contributed by atoms with Gasteiger partial charge in [0.15, 0.2) is 0 Å². The van der Waals surface area contributed by atoms with Crippen LogP contribution in [0, 0.1) is 6.92 Å². The van der Waals surface area contributed by atoms with E-state index in [1.807, 2.05) is 0 Å².